The molecule has 0 saturated carbocycles. The van der Waals surface area contributed by atoms with Crippen molar-refractivity contribution >= 4 is 11.8 Å². The molecule has 27 heavy (non-hydrogen) atoms. The highest BCUT2D eigenvalue weighted by Crippen LogP contribution is 2.15. The summed E-state index contributed by atoms with van der Waals surface area (Å²) in [6.07, 6.45) is 0.537. The van der Waals surface area contributed by atoms with Gasteiger partial charge in [0.1, 0.15) is 11.8 Å². The average Bonchev–Trinajstić information content (AvgIpc) is 2.68. The van der Waals surface area contributed by atoms with E-state index in [1.54, 1.807) is 4.90 Å². The molecule has 0 bridgehead atoms. The van der Waals surface area contributed by atoms with Crippen LogP contribution in [0.1, 0.15) is 31.4 Å². The van der Waals surface area contributed by atoms with Crippen molar-refractivity contribution in [3.05, 3.63) is 65.7 Å². The summed E-state index contributed by atoms with van der Waals surface area (Å²) in [5.41, 5.74) is 2.10. The zero-order chi connectivity index (χ0) is 19.6. The van der Waals surface area contributed by atoms with Crippen molar-refractivity contribution < 1.29 is 14.3 Å². The molecule has 0 fully saturated rings. The minimum absolute atomic E-state index is 0.105. The second-order valence-corrected chi connectivity index (χ2v) is 6.43. The number of ether oxygens (including phenoxy) is 1. The molecule has 2 aromatic carbocycles. The van der Waals surface area contributed by atoms with Gasteiger partial charge in [-0.1, -0.05) is 55.0 Å². The maximum atomic E-state index is 12.9. The lowest BCUT2D eigenvalue weighted by Crippen LogP contribution is -2.50. The maximum Gasteiger partial charge on any atom is 0.261 e. The predicted molar refractivity (Wildman–Crippen MR) is 106 cm³/mol. The van der Waals surface area contributed by atoms with Crippen LogP contribution in [-0.4, -0.2) is 35.9 Å². The van der Waals surface area contributed by atoms with Gasteiger partial charge in [0.2, 0.25) is 5.91 Å². The molecule has 2 aromatic rings. The van der Waals surface area contributed by atoms with Crippen molar-refractivity contribution in [3.8, 4) is 5.75 Å². The van der Waals surface area contributed by atoms with Crippen LogP contribution in [0.3, 0.4) is 0 Å². The lowest BCUT2D eigenvalue weighted by Gasteiger charge is -2.30. The van der Waals surface area contributed by atoms with E-state index in [0.717, 1.165) is 11.1 Å². The van der Waals surface area contributed by atoms with E-state index >= 15 is 0 Å². The molecule has 2 rings (SSSR count). The molecular formula is C22H28N2O3. The van der Waals surface area contributed by atoms with Crippen molar-refractivity contribution in [2.24, 2.45) is 0 Å². The molecule has 0 spiro atoms. The van der Waals surface area contributed by atoms with Crippen LogP contribution in [0.25, 0.3) is 0 Å². The minimum Gasteiger partial charge on any atom is -0.484 e. The number of nitrogens with one attached hydrogen (secondary N) is 1. The Kier molecular flexibility index (Phi) is 7.86. The van der Waals surface area contributed by atoms with Gasteiger partial charge in [-0.3, -0.25) is 9.59 Å². The fourth-order valence-corrected chi connectivity index (χ4v) is 2.85. The Balaban J connectivity index is 2.14. The summed E-state index contributed by atoms with van der Waals surface area (Å²) < 4.78 is 5.65. The summed E-state index contributed by atoms with van der Waals surface area (Å²) in [6.45, 7) is 6.57. The van der Waals surface area contributed by atoms with Crippen LogP contribution in [0.5, 0.6) is 5.75 Å². The Morgan fingerprint density at radius 2 is 1.70 bits per heavy atom. The van der Waals surface area contributed by atoms with E-state index in [2.05, 4.69) is 5.32 Å². The topological polar surface area (TPSA) is 58.6 Å². The van der Waals surface area contributed by atoms with E-state index < -0.39 is 6.04 Å². The van der Waals surface area contributed by atoms with E-state index in [9.17, 15) is 9.59 Å². The molecule has 0 radical (unpaired) electrons. The summed E-state index contributed by atoms with van der Waals surface area (Å²) in [4.78, 5) is 27.0. The Morgan fingerprint density at radius 1 is 1.04 bits per heavy atom. The first-order valence-corrected chi connectivity index (χ1v) is 9.35. The van der Waals surface area contributed by atoms with Crippen LogP contribution in [0.4, 0.5) is 0 Å². The highest BCUT2D eigenvalue weighted by molar-refractivity contribution is 5.88. The number of hydrogen-bond donors (Lipinski definition) is 1. The first-order valence-electron chi connectivity index (χ1n) is 9.35. The molecular weight excluding hydrogens is 340 g/mol. The zero-order valence-corrected chi connectivity index (χ0v) is 16.3. The summed E-state index contributed by atoms with van der Waals surface area (Å²) in [6, 6.07) is 16.7. The SMILES string of the molecule is CCNC(=O)C(CC)N(Cc1ccccc1)C(=O)COc1ccc(C)cc1. The number of rotatable bonds is 9. The smallest absolute Gasteiger partial charge is 0.261 e. The van der Waals surface area contributed by atoms with Crippen molar-refractivity contribution in [1.29, 1.82) is 0 Å². The molecule has 0 aromatic heterocycles. The molecule has 0 aliphatic heterocycles. The Bertz CT molecular complexity index is 729. The molecule has 0 heterocycles. The third-order valence-electron chi connectivity index (χ3n) is 4.32. The van der Waals surface area contributed by atoms with Gasteiger partial charge < -0.3 is 15.0 Å². The number of carbonyl (C=O) groups is 2. The molecule has 0 aliphatic rings. The Morgan fingerprint density at radius 3 is 2.30 bits per heavy atom. The Labute approximate surface area is 161 Å². The van der Waals surface area contributed by atoms with E-state index in [4.69, 9.17) is 4.74 Å². The van der Waals surface area contributed by atoms with Gasteiger partial charge in [0, 0.05) is 13.1 Å². The first-order chi connectivity index (χ1) is 13.0. The van der Waals surface area contributed by atoms with Gasteiger partial charge >= 0.3 is 0 Å². The van der Waals surface area contributed by atoms with Gasteiger partial charge in [-0.2, -0.15) is 0 Å². The van der Waals surface area contributed by atoms with Crippen LogP contribution in [-0.2, 0) is 16.1 Å². The second-order valence-electron chi connectivity index (χ2n) is 6.43. The summed E-state index contributed by atoms with van der Waals surface area (Å²) >= 11 is 0. The molecule has 1 N–H and O–H groups in total. The maximum absolute atomic E-state index is 12.9. The molecule has 0 saturated heterocycles. The summed E-state index contributed by atoms with van der Waals surface area (Å²) in [5.74, 6) is 0.289. The Hall–Kier alpha value is -2.82. The predicted octanol–water partition coefficient (Wildman–Crippen LogP) is 3.32. The van der Waals surface area contributed by atoms with E-state index in [1.807, 2.05) is 75.4 Å². The van der Waals surface area contributed by atoms with E-state index in [-0.39, 0.29) is 18.4 Å². The molecule has 1 atom stereocenters. The third-order valence-corrected chi connectivity index (χ3v) is 4.32. The largest absolute Gasteiger partial charge is 0.484 e. The van der Waals surface area contributed by atoms with E-state index in [0.29, 0.717) is 25.3 Å². The first kappa shape index (κ1) is 20.5. The van der Waals surface area contributed by atoms with E-state index in [1.165, 1.54) is 0 Å². The molecule has 5 nitrogen and oxygen atoms in total. The number of amides is 2. The summed E-state index contributed by atoms with van der Waals surface area (Å²) in [5, 5.41) is 2.82. The van der Waals surface area contributed by atoms with Crippen molar-refractivity contribution in [1.82, 2.24) is 10.2 Å². The van der Waals surface area contributed by atoms with Crippen LogP contribution in [0, 0.1) is 6.92 Å². The number of carbonyl (C=O) groups excluding carboxylic acids is 2. The molecule has 5 heteroatoms. The van der Waals surface area contributed by atoms with Gasteiger partial charge in [-0.25, -0.2) is 0 Å². The fraction of sp³-hybridized carbons (Fsp3) is 0.364. The van der Waals surface area contributed by atoms with Crippen molar-refractivity contribution in [3.63, 3.8) is 0 Å². The van der Waals surface area contributed by atoms with Gasteiger partial charge in [-0.15, -0.1) is 0 Å². The lowest BCUT2D eigenvalue weighted by atomic mass is 10.1. The molecule has 1 unspecified atom stereocenters. The quantitative estimate of drug-likeness (QED) is 0.739. The van der Waals surface area contributed by atoms with Gasteiger partial charge in [0.05, 0.1) is 0 Å². The monoisotopic (exact) mass is 368 g/mol. The highest BCUT2D eigenvalue weighted by Gasteiger charge is 2.28. The van der Waals surface area contributed by atoms with Crippen molar-refractivity contribution in [2.75, 3.05) is 13.2 Å². The zero-order valence-electron chi connectivity index (χ0n) is 16.3. The normalized spacial score (nSPS) is 11.5. The van der Waals surface area contributed by atoms with Crippen molar-refractivity contribution in [2.45, 2.75) is 39.8 Å². The second kappa shape index (κ2) is 10.4. The van der Waals surface area contributed by atoms with Crippen LogP contribution < -0.4 is 10.1 Å². The lowest BCUT2D eigenvalue weighted by molar-refractivity contribution is -0.142. The van der Waals surface area contributed by atoms with Gasteiger partial charge in [0.25, 0.3) is 5.91 Å². The third kappa shape index (κ3) is 6.13. The van der Waals surface area contributed by atoms with Crippen LogP contribution in [0.2, 0.25) is 0 Å². The molecule has 0 aliphatic carbocycles. The fourth-order valence-electron chi connectivity index (χ4n) is 2.85. The number of hydrogen-bond acceptors (Lipinski definition) is 3. The minimum atomic E-state index is -0.528. The summed E-state index contributed by atoms with van der Waals surface area (Å²) in [7, 11) is 0. The number of likely N-dealkylation sites (N-methyl/N-ethyl adjacent to an activating group) is 1. The number of aryl methyl sites for hydroxylation is 1. The van der Waals surface area contributed by atoms with Crippen LogP contribution in [0.15, 0.2) is 54.6 Å². The van der Waals surface area contributed by atoms with Gasteiger partial charge in [-0.05, 0) is 38.0 Å². The van der Waals surface area contributed by atoms with Gasteiger partial charge in [0.15, 0.2) is 6.61 Å². The average molecular weight is 368 g/mol. The molecule has 144 valence electrons. The van der Waals surface area contributed by atoms with Crippen LogP contribution >= 0.6 is 0 Å². The number of nitrogens with zero attached hydrogens (tertiary/aromatic N) is 1. The highest BCUT2D eigenvalue weighted by atomic mass is 16.5. The number of benzene rings is 2. The standard InChI is InChI=1S/C22H28N2O3/c1-4-20(22(26)23-5-2)24(15-18-9-7-6-8-10-18)21(25)16-27-19-13-11-17(3)12-14-19/h6-14,20H,4-5,15-16H2,1-3H3,(H,23,26). The molecule has 2 amide bonds.